The van der Waals surface area contributed by atoms with E-state index in [4.69, 9.17) is 22.1 Å². The molecule has 1 amide bonds. The maximum atomic E-state index is 13.1. The van der Waals surface area contributed by atoms with Crippen LogP contribution in [0.2, 0.25) is 0 Å². The van der Waals surface area contributed by atoms with E-state index in [2.05, 4.69) is 22.9 Å². The van der Waals surface area contributed by atoms with Crippen molar-refractivity contribution in [1.82, 2.24) is 14.7 Å². The Labute approximate surface area is 218 Å². The highest BCUT2D eigenvalue weighted by atomic mass is 79.9. The molecular formula is C26H26BrN3O2S2. The highest BCUT2D eigenvalue weighted by Gasteiger charge is 2.32. The predicted molar refractivity (Wildman–Crippen MR) is 147 cm³/mol. The topological polar surface area (TPSA) is 47.4 Å². The summed E-state index contributed by atoms with van der Waals surface area (Å²) in [4.78, 5) is 15.5. The van der Waals surface area contributed by atoms with Crippen LogP contribution < -0.4 is 4.74 Å². The molecule has 2 aromatic carbocycles. The lowest BCUT2D eigenvalue weighted by atomic mass is 10.1. The Balaban J connectivity index is 1.70. The Morgan fingerprint density at radius 3 is 2.65 bits per heavy atom. The van der Waals surface area contributed by atoms with Crippen molar-refractivity contribution in [1.29, 1.82) is 0 Å². The molecule has 0 unspecified atom stereocenters. The minimum absolute atomic E-state index is 0.0270. The lowest BCUT2D eigenvalue weighted by molar-refractivity contribution is -0.122. The summed E-state index contributed by atoms with van der Waals surface area (Å²) >= 11 is 10.5. The molecule has 8 heteroatoms. The van der Waals surface area contributed by atoms with Crippen LogP contribution in [0.3, 0.4) is 0 Å². The zero-order valence-electron chi connectivity index (χ0n) is 19.2. The van der Waals surface area contributed by atoms with Gasteiger partial charge >= 0.3 is 0 Å². The number of hydrogen-bond donors (Lipinski definition) is 0. The monoisotopic (exact) mass is 555 g/mol. The van der Waals surface area contributed by atoms with Crippen molar-refractivity contribution in [3.8, 4) is 22.7 Å². The second-order valence-corrected chi connectivity index (χ2v) is 10.5. The molecule has 176 valence electrons. The molecule has 0 spiro atoms. The van der Waals surface area contributed by atoms with Crippen LogP contribution in [0.15, 0.2) is 64.1 Å². The molecule has 1 fully saturated rings. The molecule has 1 saturated heterocycles. The Morgan fingerprint density at radius 2 is 1.94 bits per heavy atom. The van der Waals surface area contributed by atoms with Gasteiger partial charge in [0.1, 0.15) is 15.8 Å². The van der Waals surface area contributed by atoms with Crippen LogP contribution in [0.4, 0.5) is 0 Å². The number of thiocarbonyl (C=S) groups is 1. The van der Waals surface area contributed by atoms with Gasteiger partial charge in [-0.25, -0.2) is 4.68 Å². The lowest BCUT2D eigenvalue weighted by Gasteiger charge is -2.13. The Kier molecular flexibility index (Phi) is 8.24. The van der Waals surface area contributed by atoms with Crippen molar-refractivity contribution in [3.05, 3.63) is 69.7 Å². The zero-order valence-corrected chi connectivity index (χ0v) is 22.4. The van der Waals surface area contributed by atoms with Gasteiger partial charge in [-0.2, -0.15) is 5.10 Å². The molecule has 34 heavy (non-hydrogen) atoms. The highest BCUT2D eigenvalue weighted by molar-refractivity contribution is 9.10. The van der Waals surface area contributed by atoms with E-state index in [0.717, 1.165) is 52.0 Å². The molecule has 0 aliphatic carbocycles. The van der Waals surface area contributed by atoms with Gasteiger partial charge in [-0.05, 0) is 58.8 Å². The molecule has 0 radical (unpaired) electrons. The summed E-state index contributed by atoms with van der Waals surface area (Å²) < 4.78 is 8.68. The van der Waals surface area contributed by atoms with Crippen molar-refractivity contribution in [2.75, 3.05) is 13.7 Å². The first-order valence-electron chi connectivity index (χ1n) is 11.3. The number of carbonyl (C=O) groups is 1. The van der Waals surface area contributed by atoms with Gasteiger partial charge in [-0.3, -0.25) is 9.69 Å². The van der Waals surface area contributed by atoms with Gasteiger partial charge in [-0.15, -0.1) is 0 Å². The number of nitrogens with zero attached hydrogens (tertiary/aromatic N) is 3. The van der Waals surface area contributed by atoms with Crippen molar-refractivity contribution >= 4 is 56.2 Å². The average molecular weight is 557 g/mol. The van der Waals surface area contributed by atoms with Crippen molar-refractivity contribution in [2.45, 2.75) is 32.6 Å². The van der Waals surface area contributed by atoms with E-state index in [9.17, 15) is 4.79 Å². The normalized spacial score (nSPS) is 14.9. The van der Waals surface area contributed by atoms with E-state index >= 15 is 0 Å². The van der Waals surface area contributed by atoms with E-state index in [1.807, 2.05) is 65.5 Å². The minimum Gasteiger partial charge on any atom is -0.496 e. The number of aromatic nitrogens is 2. The number of halogens is 1. The summed E-state index contributed by atoms with van der Waals surface area (Å²) in [5.41, 5.74) is 3.50. The number of unbranched alkanes of at least 4 members (excludes halogenated alkanes) is 3. The molecular weight excluding hydrogens is 530 g/mol. The summed E-state index contributed by atoms with van der Waals surface area (Å²) in [7, 11) is 1.64. The second kappa shape index (κ2) is 11.3. The summed E-state index contributed by atoms with van der Waals surface area (Å²) in [5, 5.41) is 4.87. The highest BCUT2D eigenvalue weighted by Crippen LogP contribution is 2.36. The van der Waals surface area contributed by atoms with Crippen LogP contribution >= 0.6 is 39.9 Å². The van der Waals surface area contributed by atoms with Gasteiger partial charge < -0.3 is 4.74 Å². The minimum atomic E-state index is -0.0270. The molecule has 5 nitrogen and oxygen atoms in total. The third-order valence-corrected chi connectivity index (χ3v) is 7.58. The molecule has 0 bridgehead atoms. The summed E-state index contributed by atoms with van der Waals surface area (Å²) in [5.74, 6) is 0.720. The van der Waals surface area contributed by atoms with Gasteiger partial charge in [0.05, 0.1) is 22.2 Å². The molecule has 0 saturated carbocycles. The van der Waals surface area contributed by atoms with Gasteiger partial charge in [-0.1, -0.05) is 68.4 Å². The maximum absolute atomic E-state index is 13.1. The number of ether oxygens (including phenoxy) is 1. The van der Waals surface area contributed by atoms with Crippen LogP contribution in [0.5, 0.6) is 5.75 Å². The standard InChI is InChI=1S/C26H26BrN3O2S2/c1-3-4-5-9-14-29-25(31)23(34-26(29)33)16-19-17-30(20-10-7-6-8-11-20)28-24(19)18-12-13-22(32-2)21(27)15-18/h6-8,10-13,15-17H,3-5,9,14H2,1-2H3/b23-16-. The predicted octanol–water partition coefficient (Wildman–Crippen LogP) is 7.09. The van der Waals surface area contributed by atoms with Crippen LogP contribution in [0, 0.1) is 0 Å². The van der Waals surface area contributed by atoms with E-state index < -0.39 is 0 Å². The third kappa shape index (κ3) is 5.45. The van der Waals surface area contributed by atoms with Crippen LogP contribution in [-0.2, 0) is 4.79 Å². The van der Waals surface area contributed by atoms with Crippen molar-refractivity contribution in [3.63, 3.8) is 0 Å². The summed E-state index contributed by atoms with van der Waals surface area (Å²) in [6, 6.07) is 15.8. The first-order chi connectivity index (χ1) is 16.5. The van der Waals surface area contributed by atoms with E-state index in [0.29, 0.717) is 15.8 Å². The smallest absolute Gasteiger partial charge is 0.266 e. The maximum Gasteiger partial charge on any atom is 0.266 e. The quantitative estimate of drug-likeness (QED) is 0.160. The molecule has 1 aromatic heterocycles. The summed E-state index contributed by atoms with van der Waals surface area (Å²) in [6.45, 7) is 2.85. The van der Waals surface area contributed by atoms with Crippen LogP contribution in [-0.4, -0.2) is 38.6 Å². The van der Waals surface area contributed by atoms with Crippen LogP contribution in [0.25, 0.3) is 23.0 Å². The largest absolute Gasteiger partial charge is 0.496 e. The fraction of sp³-hybridized carbons (Fsp3) is 0.269. The number of para-hydroxylation sites is 1. The number of hydrogen-bond acceptors (Lipinski definition) is 5. The number of rotatable bonds is 9. The first kappa shape index (κ1) is 24.7. The van der Waals surface area contributed by atoms with Crippen molar-refractivity contribution < 1.29 is 9.53 Å². The number of benzene rings is 2. The SMILES string of the molecule is CCCCCCN1C(=O)/C(=C/c2cn(-c3ccccc3)nc2-c2ccc(OC)c(Br)c2)SC1=S. The third-order valence-electron chi connectivity index (χ3n) is 5.58. The number of thioether (sulfide) groups is 1. The molecule has 1 aliphatic heterocycles. The van der Waals surface area contributed by atoms with E-state index in [1.165, 1.54) is 18.2 Å². The number of carbonyl (C=O) groups excluding carboxylic acids is 1. The fourth-order valence-electron chi connectivity index (χ4n) is 3.77. The lowest BCUT2D eigenvalue weighted by Crippen LogP contribution is -2.29. The molecule has 0 atom stereocenters. The van der Waals surface area contributed by atoms with Gasteiger partial charge in [0.15, 0.2) is 0 Å². The second-order valence-electron chi connectivity index (χ2n) is 7.96. The summed E-state index contributed by atoms with van der Waals surface area (Å²) in [6.07, 6.45) is 8.26. The van der Waals surface area contributed by atoms with Crippen molar-refractivity contribution in [2.24, 2.45) is 0 Å². The first-order valence-corrected chi connectivity index (χ1v) is 13.3. The van der Waals surface area contributed by atoms with Gasteiger partial charge in [0.25, 0.3) is 5.91 Å². The van der Waals surface area contributed by atoms with Crippen LogP contribution in [0.1, 0.15) is 38.2 Å². The van der Waals surface area contributed by atoms with E-state index in [-0.39, 0.29) is 5.91 Å². The molecule has 3 aromatic rings. The zero-order chi connectivity index (χ0) is 24.1. The average Bonchev–Trinajstić information content (AvgIpc) is 3.38. The molecule has 4 rings (SSSR count). The van der Waals surface area contributed by atoms with E-state index in [1.54, 1.807) is 12.0 Å². The molecule has 1 aliphatic rings. The molecule has 0 N–H and O–H groups in total. The Bertz CT molecular complexity index is 1220. The van der Waals surface area contributed by atoms with Gasteiger partial charge in [0.2, 0.25) is 0 Å². The number of amides is 1. The Morgan fingerprint density at radius 1 is 1.15 bits per heavy atom. The van der Waals surface area contributed by atoms with Gasteiger partial charge in [0, 0.05) is 23.9 Å². The fourth-order valence-corrected chi connectivity index (χ4v) is 5.61. The molecule has 2 heterocycles. The Hall–Kier alpha value is -2.42. The number of methoxy groups -OCH3 is 1.